The second-order valence-corrected chi connectivity index (χ2v) is 6.71. The average Bonchev–Trinajstić information content (AvgIpc) is 3.15. The van der Waals surface area contributed by atoms with Crippen LogP contribution in [-0.2, 0) is 20.1 Å². The predicted octanol–water partition coefficient (Wildman–Crippen LogP) is 1.77. The highest BCUT2D eigenvalue weighted by atomic mass is 15.3. The Bertz CT molecular complexity index is 787. The molecule has 0 N–H and O–H groups in total. The van der Waals surface area contributed by atoms with Crippen molar-refractivity contribution in [3.63, 3.8) is 0 Å². The van der Waals surface area contributed by atoms with E-state index in [1.54, 1.807) is 0 Å². The number of piperazine rings is 1. The van der Waals surface area contributed by atoms with Crippen molar-refractivity contribution in [2.75, 3.05) is 19.6 Å². The van der Waals surface area contributed by atoms with Gasteiger partial charge in [0.15, 0.2) is 0 Å². The Labute approximate surface area is 142 Å². The first-order valence-corrected chi connectivity index (χ1v) is 8.54. The summed E-state index contributed by atoms with van der Waals surface area (Å²) in [7, 11) is 2.06. The molecule has 1 saturated heterocycles. The molecule has 0 aliphatic carbocycles. The van der Waals surface area contributed by atoms with E-state index in [1.165, 1.54) is 0 Å². The van der Waals surface area contributed by atoms with E-state index in [1.807, 2.05) is 24.5 Å². The highest BCUT2D eigenvalue weighted by molar-refractivity contribution is 5.39. The van der Waals surface area contributed by atoms with Crippen LogP contribution < -0.4 is 0 Å². The Morgan fingerprint density at radius 2 is 2.08 bits per heavy atom. The first-order chi connectivity index (χ1) is 11.7. The molecule has 0 bridgehead atoms. The number of fused-ring (bicyclic) bond motifs is 1. The van der Waals surface area contributed by atoms with Crippen LogP contribution in [0.3, 0.4) is 0 Å². The quantitative estimate of drug-likeness (QED) is 0.733. The van der Waals surface area contributed by atoms with Crippen LogP contribution in [0.2, 0.25) is 0 Å². The number of nitrogens with zero attached hydrogens (tertiary/aromatic N) is 6. The van der Waals surface area contributed by atoms with E-state index in [2.05, 4.69) is 56.2 Å². The van der Waals surface area contributed by atoms with Crippen LogP contribution in [0.4, 0.5) is 0 Å². The van der Waals surface area contributed by atoms with Crippen LogP contribution in [0, 0.1) is 0 Å². The van der Waals surface area contributed by atoms with Gasteiger partial charge in [0.05, 0.1) is 12.2 Å². The van der Waals surface area contributed by atoms with Gasteiger partial charge in [-0.2, -0.15) is 0 Å². The first kappa shape index (κ1) is 15.4. The molecule has 0 saturated carbocycles. The van der Waals surface area contributed by atoms with Gasteiger partial charge in [-0.25, -0.2) is 9.97 Å². The van der Waals surface area contributed by atoms with Crippen molar-refractivity contribution in [3.05, 3.63) is 54.5 Å². The molecule has 6 heteroatoms. The lowest BCUT2D eigenvalue weighted by Gasteiger charge is -2.39. The molecule has 0 radical (unpaired) electrons. The largest absolute Gasteiger partial charge is 0.337 e. The van der Waals surface area contributed by atoms with E-state index >= 15 is 0 Å². The number of aromatic nitrogens is 4. The summed E-state index contributed by atoms with van der Waals surface area (Å²) in [5.41, 5.74) is 2.17. The topological polar surface area (TPSA) is 41.6 Å². The fourth-order valence-corrected chi connectivity index (χ4v) is 3.47. The molecule has 1 aliphatic rings. The Morgan fingerprint density at radius 1 is 1.17 bits per heavy atom. The summed E-state index contributed by atoms with van der Waals surface area (Å²) in [6.45, 7) is 7.36. The van der Waals surface area contributed by atoms with E-state index in [9.17, 15) is 0 Å². The van der Waals surface area contributed by atoms with Crippen molar-refractivity contribution in [3.8, 4) is 0 Å². The number of aryl methyl sites for hydroxylation is 1. The molecule has 0 unspecified atom stereocenters. The van der Waals surface area contributed by atoms with Crippen molar-refractivity contribution in [1.82, 2.24) is 28.7 Å². The SMILES string of the molecule is C[C@@H]1CN(Cc2cn3ccccc3n2)CCN1Cc1nccn1C. The minimum Gasteiger partial charge on any atom is -0.337 e. The molecular weight excluding hydrogens is 300 g/mol. The van der Waals surface area contributed by atoms with Crippen molar-refractivity contribution >= 4 is 5.65 Å². The normalized spacial score (nSPS) is 20.0. The van der Waals surface area contributed by atoms with Gasteiger partial charge in [-0.05, 0) is 19.1 Å². The molecule has 0 aromatic carbocycles. The summed E-state index contributed by atoms with van der Waals surface area (Å²) in [6.07, 6.45) is 8.08. The Balaban J connectivity index is 1.38. The maximum Gasteiger partial charge on any atom is 0.137 e. The van der Waals surface area contributed by atoms with Crippen LogP contribution in [0.25, 0.3) is 5.65 Å². The van der Waals surface area contributed by atoms with Crippen molar-refractivity contribution in [2.45, 2.75) is 26.1 Å². The van der Waals surface area contributed by atoms with Gasteiger partial charge in [-0.1, -0.05) is 6.07 Å². The highest BCUT2D eigenvalue weighted by Crippen LogP contribution is 2.15. The molecule has 126 valence electrons. The van der Waals surface area contributed by atoms with Gasteiger partial charge in [-0.3, -0.25) is 9.80 Å². The molecule has 3 aromatic heterocycles. The number of hydrogen-bond donors (Lipinski definition) is 0. The van der Waals surface area contributed by atoms with Gasteiger partial charge in [0.25, 0.3) is 0 Å². The summed E-state index contributed by atoms with van der Waals surface area (Å²) in [6, 6.07) is 6.64. The summed E-state index contributed by atoms with van der Waals surface area (Å²) < 4.78 is 4.20. The fourth-order valence-electron chi connectivity index (χ4n) is 3.47. The predicted molar refractivity (Wildman–Crippen MR) is 93.5 cm³/mol. The summed E-state index contributed by atoms with van der Waals surface area (Å²) in [4.78, 5) is 14.2. The minimum absolute atomic E-state index is 0.521. The zero-order valence-electron chi connectivity index (χ0n) is 14.3. The van der Waals surface area contributed by atoms with Crippen LogP contribution >= 0.6 is 0 Å². The second kappa shape index (κ2) is 6.37. The number of rotatable bonds is 4. The fraction of sp³-hybridized carbons (Fsp3) is 0.444. The summed E-state index contributed by atoms with van der Waals surface area (Å²) in [5.74, 6) is 1.13. The van der Waals surface area contributed by atoms with Gasteiger partial charge in [-0.15, -0.1) is 0 Å². The standard InChI is InChI=1S/C18H24N6/c1-15-11-22(9-10-23(15)14-18-19-6-8-21(18)2)12-16-13-24-7-4-3-5-17(24)20-16/h3-8,13,15H,9-12,14H2,1-2H3/t15-/m1/s1. The molecule has 1 aliphatic heterocycles. The molecule has 0 amide bonds. The number of pyridine rings is 1. The summed E-state index contributed by atoms with van der Waals surface area (Å²) >= 11 is 0. The third-order valence-electron chi connectivity index (χ3n) is 4.91. The van der Waals surface area contributed by atoms with Crippen molar-refractivity contribution in [1.29, 1.82) is 0 Å². The lowest BCUT2D eigenvalue weighted by Crippen LogP contribution is -2.51. The lowest BCUT2D eigenvalue weighted by atomic mass is 10.2. The number of hydrogen-bond acceptors (Lipinski definition) is 4. The molecule has 6 nitrogen and oxygen atoms in total. The van der Waals surface area contributed by atoms with Crippen molar-refractivity contribution < 1.29 is 0 Å². The molecule has 1 atom stereocenters. The van der Waals surface area contributed by atoms with E-state index in [-0.39, 0.29) is 0 Å². The van der Waals surface area contributed by atoms with Gasteiger partial charge < -0.3 is 8.97 Å². The third kappa shape index (κ3) is 3.07. The Morgan fingerprint density at radius 3 is 2.83 bits per heavy atom. The minimum atomic E-state index is 0.521. The van der Waals surface area contributed by atoms with Gasteiger partial charge in [0.2, 0.25) is 0 Å². The van der Waals surface area contributed by atoms with Gasteiger partial charge in [0, 0.05) is 64.1 Å². The van der Waals surface area contributed by atoms with E-state index in [0.717, 1.165) is 49.9 Å². The zero-order valence-corrected chi connectivity index (χ0v) is 14.3. The molecule has 4 rings (SSSR count). The molecular formula is C18H24N6. The Kier molecular flexibility index (Phi) is 4.08. The van der Waals surface area contributed by atoms with Gasteiger partial charge >= 0.3 is 0 Å². The molecule has 3 aromatic rings. The maximum atomic E-state index is 4.72. The monoisotopic (exact) mass is 324 g/mol. The zero-order chi connectivity index (χ0) is 16.5. The van der Waals surface area contributed by atoms with Crippen LogP contribution in [0.15, 0.2) is 43.0 Å². The maximum absolute atomic E-state index is 4.72. The van der Waals surface area contributed by atoms with Gasteiger partial charge in [0.1, 0.15) is 11.5 Å². The average molecular weight is 324 g/mol. The third-order valence-corrected chi connectivity index (χ3v) is 4.91. The Hall–Kier alpha value is -2.18. The van der Waals surface area contributed by atoms with E-state index < -0.39 is 0 Å². The summed E-state index contributed by atoms with van der Waals surface area (Å²) in [5, 5.41) is 0. The number of imidazole rings is 2. The van der Waals surface area contributed by atoms with Crippen LogP contribution in [0.5, 0.6) is 0 Å². The van der Waals surface area contributed by atoms with Crippen LogP contribution in [-0.4, -0.2) is 54.4 Å². The van der Waals surface area contributed by atoms with E-state index in [4.69, 9.17) is 4.98 Å². The van der Waals surface area contributed by atoms with Crippen molar-refractivity contribution in [2.24, 2.45) is 7.05 Å². The smallest absolute Gasteiger partial charge is 0.137 e. The molecule has 4 heterocycles. The first-order valence-electron chi connectivity index (χ1n) is 8.54. The lowest BCUT2D eigenvalue weighted by molar-refractivity contribution is 0.0701. The molecule has 24 heavy (non-hydrogen) atoms. The second-order valence-electron chi connectivity index (χ2n) is 6.71. The van der Waals surface area contributed by atoms with E-state index in [0.29, 0.717) is 6.04 Å². The van der Waals surface area contributed by atoms with Crippen LogP contribution in [0.1, 0.15) is 18.4 Å². The molecule has 0 spiro atoms. The highest BCUT2D eigenvalue weighted by Gasteiger charge is 2.25. The molecule has 1 fully saturated rings.